The molecule has 0 aromatic carbocycles. The van der Waals surface area contributed by atoms with Gasteiger partial charge in [0.25, 0.3) is 0 Å². The summed E-state index contributed by atoms with van der Waals surface area (Å²) >= 11 is 0. The second-order valence-corrected chi connectivity index (χ2v) is 4.75. The van der Waals surface area contributed by atoms with Gasteiger partial charge < -0.3 is 9.32 Å². The Morgan fingerprint density at radius 1 is 1.30 bits per heavy atom. The monoisotopic (exact) mass is 272 g/mol. The molecule has 6 heteroatoms. The van der Waals surface area contributed by atoms with E-state index in [9.17, 15) is 4.79 Å². The summed E-state index contributed by atoms with van der Waals surface area (Å²) in [5, 5.41) is 8.31. The van der Waals surface area contributed by atoms with E-state index in [2.05, 4.69) is 10.2 Å². The van der Waals surface area contributed by atoms with Crippen molar-refractivity contribution >= 4 is 12.0 Å². The summed E-state index contributed by atoms with van der Waals surface area (Å²) in [4.78, 5) is 15.6. The Kier molecular flexibility index (Phi) is 3.62. The summed E-state index contributed by atoms with van der Waals surface area (Å²) in [6, 6.07) is 3.91. The number of likely N-dealkylation sites (tertiary alicyclic amines) is 1. The Hall–Kier alpha value is -2.37. The average Bonchev–Trinajstić information content (AvgIpc) is 3.18. The zero-order valence-corrected chi connectivity index (χ0v) is 11.1. The summed E-state index contributed by atoms with van der Waals surface area (Å²) < 4.78 is 5.16. The second-order valence-electron chi connectivity index (χ2n) is 4.75. The van der Waals surface area contributed by atoms with Crippen LogP contribution in [0.2, 0.25) is 0 Å². The van der Waals surface area contributed by atoms with Gasteiger partial charge >= 0.3 is 0 Å². The van der Waals surface area contributed by atoms with E-state index in [1.807, 2.05) is 11.0 Å². The van der Waals surface area contributed by atoms with Crippen LogP contribution in [0, 0.1) is 0 Å². The van der Waals surface area contributed by atoms with Crippen molar-refractivity contribution in [2.45, 2.75) is 18.9 Å². The molecule has 1 amide bonds. The molecule has 104 valence electrons. The van der Waals surface area contributed by atoms with Crippen LogP contribution in [0.5, 0.6) is 0 Å². The smallest absolute Gasteiger partial charge is 0.246 e. The van der Waals surface area contributed by atoms with Crippen LogP contribution in [0.15, 0.2) is 41.3 Å². The maximum absolute atomic E-state index is 12.0. The normalized spacial score (nSPS) is 16.9. The van der Waals surface area contributed by atoms with Gasteiger partial charge in [0.15, 0.2) is 0 Å². The van der Waals surface area contributed by atoms with Crippen LogP contribution >= 0.6 is 0 Å². The van der Waals surface area contributed by atoms with Crippen molar-refractivity contribution in [1.29, 1.82) is 0 Å². The molecule has 0 spiro atoms. The van der Waals surface area contributed by atoms with Crippen LogP contribution in [0.4, 0.5) is 0 Å². The molecule has 3 heterocycles. The second kappa shape index (κ2) is 5.73. The molecule has 3 rings (SSSR count). The van der Waals surface area contributed by atoms with E-state index >= 15 is 0 Å². The predicted molar refractivity (Wildman–Crippen MR) is 72.6 cm³/mol. The van der Waals surface area contributed by atoms with Crippen molar-refractivity contribution in [3.05, 3.63) is 42.6 Å². The Labute approximate surface area is 116 Å². The molecule has 1 aliphatic heterocycles. The number of piperidine rings is 1. The lowest BCUT2D eigenvalue weighted by atomic mass is 10.1. The minimum absolute atomic E-state index is 0.0216. The highest BCUT2D eigenvalue weighted by Crippen LogP contribution is 2.20. The third-order valence-corrected chi connectivity index (χ3v) is 3.47. The number of amides is 1. The van der Waals surface area contributed by atoms with Gasteiger partial charge in [-0.2, -0.15) is 15.0 Å². The summed E-state index contributed by atoms with van der Waals surface area (Å²) in [6.45, 7) is 1.46. The lowest BCUT2D eigenvalue weighted by molar-refractivity contribution is -0.127. The molecule has 2 aromatic heterocycles. The maximum atomic E-state index is 12.0. The first kappa shape index (κ1) is 12.7. The predicted octanol–water partition coefficient (Wildman–Crippen LogP) is 1.75. The van der Waals surface area contributed by atoms with Gasteiger partial charge in [-0.3, -0.25) is 4.79 Å². The quantitative estimate of drug-likeness (QED) is 0.798. The first-order valence-corrected chi connectivity index (χ1v) is 6.69. The highest BCUT2D eigenvalue weighted by molar-refractivity contribution is 5.91. The fraction of sp³-hybridized carbons (Fsp3) is 0.357. The van der Waals surface area contributed by atoms with Crippen LogP contribution in [0.25, 0.3) is 6.08 Å². The minimum Gasteiger partial charge on any atom is -0.465 e. The Balaban J connectivity index is 1.54. The number of hydrogen-bond acceptors (Lipinski definition) is 4. The molecule has 0 saturated carbocycles. The fourth-order valence-corrected chi connectivity index (χ4v) is 2.38. The summed E-state index contributed by atoms with van der Waals surface area (Å²) in [5.41, 5.74) is 0. The van der Waals surface area contributed by atoms with Gasteiger partial charge in [-0.1, -0.05) is 0 Å². The number of nitrogens with zero attached hydrogens (tertiary/aromatic N) is 4. The lowest BCUT2D eigenvalue weighted by Crippen LogP contribution is -2.38. The Morgan fingerprint density at radius 3 is 2.70 bits per heavy atom. The standard InChI is InChI=1S/C14H16N4O2/c19-14(4-3-13-2-1-11-20-13)17-9-5-12(6-10-17)18-15-7-8-16-18/h1-4,7-8,11-12H,5-6,9-10H2/b4-3+. The average molecular weight is 272 g/mol. The van der Waals surface area contributed by atoms with Crippen molar-refractivity contribution in [2.24, 2.45) is 0 Å². The van der Waals surface area contributed by atoms with E-state index in [0.717, 1.165) is 25.9 Å². The number of aromatic nitrogens is 3. The van der Waals surface area contributed by atoms with Crippen molar-refractivity contribution in [3.8, 4) is 0 Å². The van der Waals surface area contributed by atoms with Crippen LogP contribution in [0.3, 0.4) is 0 Å². The molecule has 0 unspecified atom stereocenters. The van der Waals surface area contributed by atoms with Gasteiger partial charge in [0.2, 0.25) is 5.91 Å². The molecule has 1 aliphatic rings. The van der Waals surface area contributed by atoms with Gasteiger partial charge in [-0.25, -0.2) is 0 Å². The van der Waals surface area contributed by atoms with E-state index in [1.54, 1.807) is 41.7 Å². The fourth-order valence-electron chi connectivity index (χ4n) is 2.38. The molecule has 0 bridgehead atoms. The van der Waals surface area contributed by atoms with E-state index in [0.29, 0.717) is 11.8 Å². The summed E-state index contributed by atoms with van der Waals surface area (Å²) in [6.07, 6.45) is 9.98. The molecular weight excluding hydrogens is 256 g/mol. The first-order chi connectivity index (χ1) is 9.83. The van der Waals surface area contributed by atoms with Gasteiger partial charge in [0, 0.05) is 19.2 Å². The molecule has 20 heavy (non-hydrogen) atoms. The van der Waals surface area contributed by atoms with Gasteiger partial charge in [-0.15, -0.1) is 0 Å². The zero-order chi connectivity index (χ0) is 13.8. The highest BCUT2D eigenvalue weighted by Gasteiger charge is 2.23. The largest absolute Gasteiger partial charge is 0.465 e. The topological polar surface area (TPSA) is 64.2 Å². The molecule has 2 aromatic rings. The van der Waals surface area contributed by atoms with E-state index in [1.165, 1.54) is 0 Å². The van der Waals surface area contributed by atoms with Crippen LogP contribution in [-0.2, 0) is 4.79 Å². The Morgan fingerprint density at radius 2 is 2.05 bits per heavy atom. The molecule has 0 aliphatic carbocycles. The number of hydrogen-bond donors (Lipinski definition) is 0. The first-order valence-electron chi connectivity index (χ1n) is 6.69. The molecule has 1 saturated heterocycles. The SMILES string of the molecule is O=C(/C=C/c1ccco1)N1CCC(n2nccn2)CC1. The van der Waals surface area contributed by atoms with Crippen molar-refractivity contribution in [1.82, 2.24) is 19.9 Å². The van der Waals surface area contributed by atoms with Crippen molar-refractivity contribution in [3.63, 3.8) is 0 Å². The summed E-state index contributed by atoms with van der Waals surface area (Å²) in [5.74, 6) is 0.710. The van der Waals surface area contributed by atoms with Crippen molar-refractivity contribution < 1.29 is 9.21 Å². The number of furan rings is 1. The molecule has 1 fully saturated rings. The lowest BCUT2D eigenvalue weighted by Gasteiger charge is -2.30. The third kappa shape index (κ3) is 2.79. The van der Waals surface area contributed by atoms with E-state index in [-0.39, 0.29) is 5.91 Å². The molecule has 0 atom stereocenters. The number of carbonyl (C=O) groups excluding carboxylic acids is 1. The number of carbonyl (C=O) groups is 1. The maximum Gasteiger partial charge on any atom is 0.246 e. The molecule has 0 radical (unpaired) electrons. The van der Waals surface area contributed by atoms with Crippen LogP contribution < -0.4 is 0 Å². The van der Waals surface area contributed by atoms with Crippen LogP contribution in [0.1, 0.15) is 24.6 Å². The highest BCUT2D eigenvalue weighted by atomic mass is 16.3. The number of rotatable bonds is 3. The molecular formula is C14H16N4O2. The van der Waals surface area contributed by atoms with Gasteiger partial charge in [0.05, 0.1) is 24.7 Å². The van der Waals surface area contributed by atoms with Gasteiger partial charge in [-0.05, 0) is 31.1 Å². The van der Waals surface area contributed by atoms with E-state index < -0.39 is 0 Å². The minimum atomic E-state index is 0.0216. The van der Waals surface area contributed by atoms with Crippen molar-refractivity contribution in [2.75, 3.05) is 13.1 Å². The third-order valence-electron chi connectivity index (χ3n) is 3.47. The van der Waals surface area contributed by atoms with Crippen LogP contribution in [-0.4, -0.2) is 38.9 Å². The summed E-state index contributed by atoms with van der Waals surface area (Å²) in [7, 11) is 0. The molecule has 0 N–H and O–H groups in total. The van der Waals surface area contributed by atoms with Gasteiger partial charge in [0.1, 0.15) is 5.76 Å². The molecule has 6 nitrogen and oxygen atoms in total. The Bertz CT molecular complexity index is 566. The zero-order valence-electron chi connectivity index (χ0n) is 11.1. The van der Waals surface area contributed by atoms with E-state index in [4.69, 9.17) is 4.42 Å².